The normalized spacial score (nSPS) is 18.6. The Morgan fingerprint density at radius 3 is 2.22 bits per heavy atom. The number of carbonyl (C=O) groups is 1. The summed E-state index contributed by atoms with van der Waals surface area (Å²) in [7, 11) is -3.98. The molecule has 2 heterocycles. The Morgan fingerprint density at radius 1 is 0.797 bits per heavy atom. The van der Waals surface area contributed by atoms with Gasteiger partial charge in [0.05, 0.1) is 23.7 Å². The summed E-state index contributed by atoms with van der Waals surface area (Å²) in [4.78, 5) is 13.8. The van der Waals surface area contributed by atoms with Crippen LogP contribution in [0.15, 0.2) is 162 Å². The van der Waals surface area contributed by atoms with Gasteiger partial charge in [0, 0.05) is 35.9 Å². The van der Waals surface area contributed by atoms with E-state index in [9.17, 15) is 23.5 Å². The highest BCUT2D eigenvalue weighted by atomic mass is 32.2. The molecule has 6 aromatic rings. The van der Waals surface area contributed by atoms with Crippen molar-refractivity contribution < 1.29 is 32.5 Å². The van der Waals surface area contributed by atoms with E-state index in [0.29, 0.717) is 10.8 Å². The van der Waals surface area contributed by atoms with Crippen molar-refractivity contribution in [1.82, 2.24) is 10.0 Å². The van der Waals surface area contributed by atoms with Crippen LogP contribution in [0.3, 0.4) is 0 Å². The number of ether oxygens (including phenoxy) is 2. The molecule has 1 aliphatic rings. The van der Waals surface area contributed by atoms with Crippen molar-refractivity contribution in [3.05, 3.63) is 190 Å². The maximum Gasteiger partial charge on any atom is 0.251 e. The van der Waals surface area contributed by atoms with E-state index in [2.05, 4.69) is 17.0 Å². The van der Waals surface area contributed by atoms with Crippen molar-refractivity contribution in [2.45, 2.75) is 67.9 Å². The summed E-state index contributed by atoms with van der Waals surface area (Å²) in [6.07, 6.45) is 0.379. The first-order chi connectivity index (χ1) is 28.6. The third-order valence-corrected chi connectivity index (χ3v) is 13.0. The molecule has 304 valence electrons. The molecule has 7 rings (SSSR count). The molecule has 1 amide bonds. The Bertz CT molecular complexity index is 2450. The minimum absolute atomic E-state index is 0.0517. The molecule has 0 spiro atoms. The zero-order chi connectivity index (χ0) is 41.4. The van der Waals surface area contributed by atoms with E-state index in [4.69, 9.17) is 9.47 Å². The van der Waals surface area contributed by atoms with E-state index in [-0.39, 0.29) is 42.6 Å². The van der Waals surface area contributed by atoms with Gasteiger partial charge in [0.1, 0.15) is 6.04 Å². The van der Waals surface area contributed by atoms with Crippen LogP contribution < -0.4 is 14.8 Å². The van der Waals surface area contributed by atoms with Crippen LogP contribution in [0.2, 0.25) is 0 Å². The second-order valence-electron chi connectivity index (χ2n) is 14.7. The smallest absolute Gasteiger partial charge is 0.251 e. The van der Waals surface area contributed by atoms with Crippen LogP contribution in [0.1, 0.15) is 52.7 Å². The van der Waals surface area contributed by atoms with Crippen LogP contribution in [-0.2, 0) is 43.9 Å². The second-order valence-corrected chi connectivity index (χ2v) is 17.5. The van der Waals surface area contributed by atoms with Crippen molar-refractivity contribution in [1.29, 1.82) is 0 Å². The summed E-state index contributed by atoms with van der Waals surface area (Å²) in [5, 5.41) is 25.6. The van der Waals surface area contributed by atoms with Gasteiger partial charge < -0.3 is 25.1 Å². The van der Waals surface area contributed by atoms with Crippen LogP contribution in [0, 0.1) is 18.0 Å². The van der Waals surface area contributed by atoms with Gasteiger partial charge in [-0.25, -0.2) is 8.42 Å². The lowest BCUT2D eigenvalue weighted by Crippen LogP contribution is -2.47. The number of aryl methyl sites for hydroxylation is 1. The first-order valence-electron chi connectivity index (χ1n) is 19.5. The average molecular weight is 830 g/mol. The molecule has 12 heteroatoms. The molecule has 1 aliphatic heterocycles. The van der Waals surface area contributed by atoms with Crippen molar-refractivity contribution in [3.8, 4) is 11.1 Å². The lowest BCUT2D eigenvalue weighted by Gasteiger charge is -2.41. The Morgan fingerprint density at radius 2 is 1.49 bits per heavy atom. The number of rotatable bonds is 15. The van der Waals surface area contributed by atoms with Gasteiger partial charge >= 0.3 is 0 Å². The number of nitrogens with zero attached hydrogens (tertiary/aromatic N) is 1. The molecule has 10 nitrogen and oxygen atoms in total. The Labute approximate surface area is 349 Å². The summed E-state index contributed by atoms with van der Waals surface area (Å²) in [5.41, 5.74) is 7.02. The number of pyridine rings is 1. The Balaban J connectivity index is 1.08. The molecule has 0 radical (unpaired) electrons. The number of sulfonamides is 1. The van der Waals surface area contributed by atoms with E-state index >= 15 is 0 Å². The zero-order valence-electron chi connectivity index (χ0n) is 32.8. The van der Waals surface area contributed by atoms with E-state index in [1.54, 1.807) is 24.3 Å². The number of aromatic nitrogens is 1. The first kappa shape index (κ1) is 41.8. The topological polar surface area (TPSA) is 141 Å². The second kappa shape index (κ2) is 19.2. The van der Waals surface area contributed by atoms with E-state index in [1.807, 2.05) is 116 Å². The summed E-state index contributed by atoms with van der Waals surface area (Å²) >= 11 is 1.44. The predicted octanol–water partition coefficient (Wildman–Crippen LogP) is 7.58. The fraction of sp³-hybridized carbons (Fsp3) is 0.234. The molecule has 0 bridgehead atoms. The van der Waals surface area contributed by atoms with Crippen LogP contribution in [-0.4, -0.2) is 37.3 Å². The highest BCUT2D eigenvalue weighted by molar-refractivity contribution is 7.99. The molecule has 5 unspecified atom stereocenters. The van der Waals surface area contributed by atoms with E-state index in [0.717, 1.165) is 49.2 Å². The van der Waals surface area contributed by atoms with Crippen LogP contribution in [0.4, 0.5) is 0 Å². The quantitative estimate of drug-likeness (QED) is 0.0547. The lowest BCUT2D eigenvalue weighted by atomic mass is 9.91. The maximum absolute atomic E-state index is 13.7. The highest BCUT2D eigenvalue weighted by Gasteiger charge is 2.39. The van der Waals surface area contributed by atoms with Crippen LogP contribution >= 0.6 is 11.8 Å². The maximum atomic E-state index is 13.7. The van der Waals surface area contributed by atoms with E-state index in [1.165, 1.54) is 30.1 Å². The van der Waals surface area contributed by atoms with Gasteiger partial charge in [0.25, 0.3) is 5.03 Å². The minimum atomic E-state index is -3.98. The molecule has 1 saturated heterocycles. The van der Waals surface area contributed by atoms with Crippen molar-refractivity contribution >= 4 is 27.7 Å². The number of hydrogen-bond acceptors (Lipinski definition) is 8. The number of thioether (sulfide) groups is 1. The SMILES string of the molecule is Cc1ccc(S(=O)(=O)NC(Cc2ccccc2)C(=O)NCc2cccc(-c3cccc(C4OC(CSc5cccc[n+]5[O-])C(C)C(c5ccc(CO)cc5)O4)c3)c2)cc1. The summed E-state index contributed by atoms with van der Waals surface area (Å²) in [5.74, 6) is 0.0390. The summed E-state index contributed by atoms with van der Waals surface area (Å²) in [6, 6.07) is 43.7. The molecular formula is C47H47N3O7S2. The highest BCUT2D eigenvalue weighted by Crippen LogP contribution is 2.43. The molecule has 5 aromatic carbocycles. The molecule has 5 atom stereocenters. The average Bonchev–Trinajstić information content (AvgIpc) is 3.26. The largest absolute Gasteiger partial charge is 0.618 e. The van der Waals surface area contributed by atoms with Gasteiger partial charge in [-0.2, -0.15) is 9.45 Å². The fourth-order valence-corrected chi connectivity index (χ4v) is 9.33. The molecule has 1 fully saturated rings. The molecular weight excluding hydrogens is 783 g/mol. The predicted molar refractivity (Wildman–Crippen MR) is 228 cm³/mol. The Hall–Kier alpha value is -5.34. The molecule has 0 aliphatic carbocycles. The molecule has 3 N–H and O–H groups in total. The molecule has 0 saturated carbocycles. The standard InChI is InChI=1S/C47H47N3O7S2/c1-32-17-23-41(24-18-32)59(54,55)49-42(27-34-10-4-3-5-11-34)46(52)48-29-36-12-8-13-38(26-36)39-14-9-15-40(28-39)47-56-43(31-58-44-16-6-7-25-50(44)53)33(2)45(57-47)37-21-19-35(30-51)20-22-37/h3-26,28,33,42-43,45,47,49,51H,27,29-31H2,1-2H3,(H,48,52). The lowest BCUT2D eigenvalue weighted by molar-refractivity contribution is -0.645. The number of benzene rings is 5. The number of carbonyl (C=O) groups excluding carboxylic acids is 1. The van der Waals surface area contributed by atoms with Crippen molar-refractivity contribution in [2.24, 2.45) is 5.92 Å². The summed E-state index contributed by atoms with van der Waals surface area (Å²) < 4.78 is 43.6. The Kier molecular flexibility index (Phi) is 13.6. The number of aliphatic hydroxyl groups excluding tert-OH is 1. The van der Waals surface area contributed by atoms with Gasteiger partial charge in [-0.3, -0.25) is 4.79 Å². The zero-order valence-corrected chi connectivity index (χ0v) is 34.4. The van der Waals surface area contributed by atoms with Crippen LogP contribution in [0.5, 0.6) is 0 Å². The van der Waals surface area contributed by atoms with Crippen LogP contribution in [0.25, 0.3) is 11.1 Å². The van der Waals surface area contributed by atoms with Gasteiger partial charge in [-0.15, -0.1) is 0 Å². The van der Waals surface area contributed by atoms with E-state index < -0.39 is 28.3 Å². The van der Waals surface area contributed by atoms with Gasteiger partial charge in [0.2, 0.25) is 15.9 Å². The molecule has 59 heavy (non-hydrogen) atoms. The fourth-order valence-electron chi connectivity index (χ4n) is 7.05. The van der Waals surface area contributed by atoms with Gasteiger partial charge in [-0.1, -0.05) is 127 Å². The summed E-state index contributed by atoms with van der Waals surface area (Å²) in [6.45, 7) is 4.10. The van der Waals surface area contributed by atoms with Gasteiger partial charge in [-0.05, 0) is 77.1 Å². The first-order valence-corrected chi connectivity index (χ1v) is 21.9. The van der Waals surface area contributed by atoms with Crippen molar-refractivity contribution in [3.63, 3.8) is 0 Å². The van der Waals surface area contributed by atoms with Gasteiger partial charge in [0.15, 0.2) is 12.5 Å². The minimum Gasteiger partial charge on any atom is -0.618 e. The monoisotopic (exact) mass is 829 g/mol. The third kappa shape index (κ3) is 10.6. The number of amides is 1. The van der Waals surface area contributed by atoms with Crippen molar-refractivity contribution in [2.75, 3.05) is 5.75 Å². The number of hydrogen-bond donors (Lipinski definition) is 3. The number of nitrogens with one attached hydrogen (secondary N) is 2. The number of aliphatic hydroxyl groups is 1. The molecule has 1 aromatic heterocycles. The third-order valence-electron chi connectivity index (χ3n) is 10.4.